The molecule has 1 radical (unpaired) electrons. The molecule has 16 heavy (non-hydrogen) atoms. The molecule has 0 saturated heterocycles. The lowest BCUT2D eigenvalue weighted by molar-refractivity contribution is -0.141. The van der Waals surface area contributed by atoms with Crippen molar-refractivity contribution in [3.63, 3.8) is 0 Å². The lowest BCUT2D eigenvalue weighted by Crippen LogP contribution is -2.07. The minimum absolute atomic E-state index is 0.472. The molecule has 2 rings (SSSR count). The molecule has 1 heterocycles. The molecule has 1 aromatic carbocycles. The molecule has 0 N–H and O–H groups in total. The second kappa shape index (κ2) is 3.83. The third-order valence-electron chi connectivity index (χ3n) is 1.89. The molecule has 2 nitrogen and oxygen atoms in total. The first-order chi connectivity index (χ1) is 7.47. The van der Waals surface area contributed by atoms with Crippen LogP contribution in [0.25, 0.3) is 5.69 Å². The largest absolute Gasteiger partial charge is 0.435 e. The van der Waals surface area contributed by atoms with Crippen LogP contribution in [-0.4, -0.2) is 9.78 Å². The minimum atomic E-state index is -4.45. The highest BCUT2D eigenvalue weighted by Crippen LogP contribution is 2.27. The van der Waals surface area contributed by atoms with Crippen molar-refractivity contribution in [1.82, 2.24) is 9.78 Å². The molecular weight excluding hydrogens is 241 g/mol. The second-order valence-electron chi connectivity index (χ2n) is 3.04. The van der Waals surface area contributed by atoms with Crippen LogP contribution in [0.3, 0.4) is 0 Å². The smallest absolute Gasteiger partial charge is 0.231 e. The Labute approximate surface area is 94.3 Å². The molecule has 0 unspecified atom stereocenters. The van der Waals surface area contributed by atoms with E-state index in [1.165, 1.54) is 0 Å². The molecule has 0 saturated carbocycles. The summed E-state index contributed by atoms with van der Waals surface area (Å²) >= 11 is 5.66. The molecule has 83 valence electrons. The summed E-state index contributed by atoms with van der Waals surface area (Å²) < 4.78 is 37.8. The van der Waals surface area contributed by atoms with Crippen LogP contribution in [0.1, 0.15) is 5.69 Å². The lowest BCUT2D eigenvalue weighted by atomic mass is 10.3. The van der Waals surface area contributed by atoms with Crippen molar-refractivity contribution in [1.29, 1.82) is 0 Å². The van der Waals surface area contributed by atoms with Crippen LogP contribution >= 0.6 is 11.6 Å². The van der Waals surface area contributed by atoms with E-state index >= 15 is 0 Å². The number of halogens is 4. The number of alkyl halides is 3. The van der Waals surface area contributed by atoms with E-state index in [2.05, 4.69) is 11.3 Å². The normalized spacial score (nSPS) is 11.8. The summed E-state index contributed by atoms with van der Waals surface area (Å²) in [5.41, 5.74) is -0.498. The summed E-state index contributed by atoms with van der Waals surface area (Å²) in [6, 6.07) is 7.06. The van der Waals surface area contributed by atoms with Crippen LogP contribution in [0.4, 0.5) is 13.2 Å². The van der Waals surface area contributed by atoms with Gasteiger partial charge >= 0.3 is 6.18 Å². The van der Waals surface area contributed by atoms with Crippen molar-refractivity contribution in [2.75, 3.05) is 0 Å². The summed E-state index contributed by atoms with van der Waals surface area (Å²) in [5, 5.41) is 3.88. The molecular formula is C10H5ClF3N2. The van der Waals surface area contributed by atoms with E-state index in [1.807, 2.05) is 0 Å². The van der Waals surface area contributed by atoms with Gasteiger partial charge in [-0.1, -0.05) is 11.6 Å². The molecule has 0 aliphatic rings. The summed E-state index contributed by atoms with van der Waals surface area (Å²) in [7, 11) is 0. The van der Waals surface area contributed by atoms with E-state index in [0.29, 0.717) is 10.7 Å². The number of nitrogens with zero attached hydrogens (tertiary/aromatic N) is 2. The van der Waals surface area contributed by atoms with E-state index in [9.17, 15) is 13.2 Å². The molecule has 1 aromatic heterocycles. The molecule has 0 fully saturated rings. The van der Waals surface area contributed by atoms with Gasteiger partial charge in [-0.15, -0.1) is 0 Å². The zero-order chi connectivity index (χ0) is 11.8. The van der Waals surface area contributed by atoms with E-state index in [4.69, 9.17) is 11.6 Å². The fraction of sp³-hybridized carbons (Fsp3) is 0.100. The molecule has 6 heteroatoms. The molecule has 0 amide bonds. The van der Waals surface area contributed by atoms with Crippen molar-refractivity contribution in [3.05, 3.63) is 47.2 Å². The van der Waals surface area contributed by atoms with Crippen molar-refractivity contribution in [2.45, 2.75) is 6.18 Å². The van der Waals surface area contributed by atoms with Gasteiger partial charge in [0, 0.05) is 5.02 Å². The number of hydrogen-bond acceptors (Lipinski definition) is 1. The Morgan fingerprint density at radius 2 is 1.81 bits per heavy atom. The molecule has 0 spiro atoms. The maximum Gasteiger partial charge on any atom is 0.435 e. The Bertz CT molecular complexity index is 488. The van der Waals surface area contributed by atoms with Gasteiger partial charge in [0.05, 0.1) is 11.9 Å². The van der Waals surface area contributed by atoms with E-state index < -0.39 is 11.9 Å². The average molecular weight is 246 g/mol. The van der Waals surface area contributed by atoms with Crippen molar-refractivity contribution < 1.29 is 13.2 Å². The van der Waals surface area contributed by atoms with Crippen LogP contribution < -0.4 is 0 Å². The van der Waals surface area contributed by atoms with Gasteiger partial charge in [-0.25, -0.2) is 4.68 Å². The summed E-state index contributed by atoms with van der Waals surface area (Å²) in [6.07, 6.45) is -2.06. The lowest BCUT2D eigenvalue weighted by Gasteiger charge is -2.02. The highest BCUT2D eigenvalue weighted by Gasteiger charge is 2.33. The quantitative estimate of drug-likeness (QED) is 0.753. The predicted molar refractivity (Wildman–Crippen MR) is 52.4 cm³/mol. The van der Waals surface area contributed by atoms with Gasteiger partial charge < -0.3 is 0 Å². The Balaban J connectivity index is 2.35. The summed E-state index contributed by atoms with van der Waals surface area (Å²) in [5.74, 6) is 0. The topological polar surface area (TPSA) is 17.8 Å². The predicted octanol–water partition coefficient (Wildman–Crippen LogP) is 3.34. The van der Waals surface area contributed by atoms with Gasteiger partial charge in [0.25, 0.3) is 0 Å². The first-order valence-corrected chi connectivity index (χ1v) is 4.65. The Morgan fingerprint density at radius 1 is 1.19 bits per heavy atom. The highest BCUT2D eigenvalue weighted by atomic mass is 35.5. The molecule has 0 aliphatic heterocycles. The van der Waals surface area contributed by atoms with Crippen molar-refractivity contribution >= 4 is 11.6 Å². The second-order valence-corrected chi connectivity index (χ2v) is 3.48. The SMILES string of the molecule is FC(F)(F)c1c[c]n(-c2ccc(Cl)cc2)n1. The van der Waals surface area contributed by atoms with Crippen LogP contribution in [0.15, 0.2) is 30.3 Å². The van der Waals surface area contributed by atoms with Crippen LogP contribution in [0.2, 0.25) is 5.02 Å². The van der Waals surface area contributed by atoms with Crippen LogP contribution in [-0.2, 0) is 6.18 Å². The Morgan fingerprint density at radius 3 is 2.31 bits per heavy atom. The Hall–Kier alpha value is -1.49. The number of aromatic nitrogens is 2. The van der Waals surface area contributed by atoms with Gasteiger partial charge in [0.1, 0.15) is 0 Å². The summed E-state index contributed by atoms with van der Waals surface area (Å²) in [6.45, 7) is 0. The van der Waals surface area contributed by atoms with Gasteiger partial charge in [-0.05, 0) is 30.3 Å². The first kappa shape index (κ1) is 11.0. The minimum Gasteiger partial charge on any atom is -0.231 e. The molecule has 0 atom stereocenters. The Kier molecular flexibility index (Phi) is 2.63. The standard InChI is InChI=1S/C10H5ClF3N2/c11-7-1-3-8(4-2-7)16-6-5-9(15-16)10(12,13)14/h1-5H. The third-order valence-corrected chi connectivity index (χ3v) is 2.14. The van der Waals surface area contributed by atoms with Gasteiger partial charge in [0.2, 0.25) is 0 Å². The van der Waals surface area contributed by atoms with Crippen molar-refractivity contribution in [3.8, 4) is 5.69 Å². The third kappa shape index (κ3) is 2.19. The monoisotopic (exact) mass is 245 g/mol. The molecule has 0 aliphatic carbocycles. The zero-order valence-electron chi connectivity index (χ0n) is 7.79. The maximum absolute atomic E-state index is 12.3. The van der Waals surface area contributed by atoms with Gasteiger partial charge in [-0.3, -0.25) is 0 Å². The maximum atomic E-state index is 12.3. The average Bonchev–Trinajstić information content (AvgIpc) is 2.67. The fourth-order valence-corrected chi connectivity index (χ4v) is 1.27. The van der Waals surface area contributed by atoms with Gasteiger partial charge in [0.15, 0.2) is 5.69 Å². The summed E-state index contributed by atoms with van der Waals surface area (Å²) in [4.78, 5) is 0. The van der Waals surface area contributed by atoms with Gasteiger partial charge in [-0.2, -0.15) is 18.3 Å². The number of benzene rings is 1. The van der Waals surface area contributed by atoms with E-state index in [0.717, 1.165) is 10.7 Å². The highest BCUT2D eigenvalue weighted by molar-refractivity contribution is 6.30. The van der Waals surface area contributed by atoms with Crippen LogP contribution in [0, 0.1) is 6.20 Å². The first-order valence-electron chi connectivity index (χ1n) is 4.28. The number of hydrogen-bond donors (Lipinski definition) is 0. The fourth-order valence-electron chi connectivity index (χ4n) is 1.14. The van der Waals surface area contributed by atoms with E-state index in [1.54, 1.807) is 24.3 Å². The number of rotatable bonds is 1. The molecule has 0 bridgehead atoms. The van der Waals surface area contributed by atoms with E-state index in [-0.39, 0.29) is 0 Å². The zero-order valence-corrected chi connectivity index (χ0v) is 8.55. The molecule has 2 aromatic rings. The van der Waals surface area contributed by atoms with Crippen molar-refractivity contribution in [2.24, 2.45) is 0 Å². The van der Waals surface area contributed by atoms with Crippen LogP contribution in [0.5, 0.6) is 0 Å².